The fraction of sp³-hybridized carbons (Fsp3) is 0.733. The number of carbonyl (C=O) groups excluding carboxylic acids is 1. The maximum Gasteiger partial charge on any atom is 0.410 e. The molecule has 2 heterocycles. The van der Waals surface area contributed by atoms with Crippen molar-refractivity contribution in [3.63, 3.8) is 0 Å². The highest BCUT2D eigenvalue weighted by Crippen LogP contribution is 2.21. The van der Waals surface area contributed by atoms with Crippen molar-refractivity contribution in [2.75, 3.05) is 18.4 Å². The van der Waals surface area contributed by atoms with Crippen molar-refractivity contribution in [3.05, 3.63) is 12.4 Å². The molecular formula is C15H26N4O2. The number of anilines is 1. The summed E-state index contributed by atoms with van der Waals surface area (Å²) in [5, 5.41) is 7.59. The van der Waals surface area contributed by atoms with Gasteiger partial charge < -0.3 is 15.0 Å². The first-order valence-electron chi connectivity index (χ1n) is 7.65. The Balaban J connectivity index is 1.88. The van der Waals surface area contributed by atoms with Crippen LogP contribution in [0.25, 0.3) is 0 Å². The zero-order valence-electron chi connectivity index (χ0n) is 13.4. The molecule has 1 aliphatic heterocycles. The van der Waals surface area contributed by atoms with Crippen LogP contribution in [0.5, 0.6) is 0 Å². The van der Waals surface area contributed by atoms with Gasteiger partial charge in [-0.25, -0.2) is 4.79 Å². The van der Waals surface area contributed by atoms with Crippen LogP contribution in [0.15, 0.2) is 12.4 Å². The second-order valence-corrected chi connectivity index (χ2v) is 6.44. The Bertz CT molecular complexity index is 478. The van der Waals surface area contributed by atoms with E-state index in [1.165, 1.54) is 0 Å². The van der Waals surface area contributed by atoms with Crippen LogP contribution in [0.2, 0.25) is 0 Å². The Morgan fingerprint density at radius 2 is 2.29 bits per heavy atom. The smallest absolute Gasteiger partial charge is 0.410 e. The summed E-state index contributed by atoms with van der Waals surface area (Å²) >= 11 is 0. The van der Waals surface area contributed by atoms with Gasteiger partial charge in [0.15, 0.2) is 0 Å². The number of hydrogen-bond acceptors (Lipinski definition) is 4. The van der Waals surface area contributed by atoms with E-state index in [0.717, 1.165) is 38.2 Å². The van der Waals surface area contributed by atoms with Crippen molar-refractivity contribution >= 4 is 11.8 Å². The Labute approximate surface area is 126 Å². The van der Waals surface area contributed by atoms with Gasteiger partial charge >= 0.3 is 6.09 Å². The second-order valence-electron chi connectivity index (χ2n) is 6.44. The molecule has 1 fully saturated rings. The molecule has 1 saturated heterocycles. The van der Waals surface area contributed by atoms with E-state index >= 15 is 0 Å². The highest BCUT2D eigenvalue weighted by molar-refractivity contribution is 5.69. The molecule has 1 atom stereocenters. The van der Waals surface area contributed by atoms with Gasteiger partial charge in [-0.05, 0) is 40.5 Å². The van der Waals surface area contributed by atoms with Crippen molar-refractivity contribution in [1.29, 1.82) is 0 Å². The largest absolute Gasteiger partial charge is 0.444 e. The number of carbonyl (C=O) groups is 1. The first kappa shape index (κ1) is 15.7. The van der Waals surface area contributed by atoms with Crippen LogP contribution in [-0.4, -0.2) is 45.5 Å². The zero-order valence-corrected chi connectivity index (χ0v) is 13.4. The van der Waals surface area contributed by atoms with Crippen LogP contribution in [-0.2, 0) is 11.3 Å². The van der Waals surface area contributed by atoms with E-state index in [1.54, 1.807) is 0 Å². The Kier molecular flexibility index (Phi) is 4.75. The summed E-state index contributed by atoms with van der Waals surface area (Å²) in [6, 6.07) is 0.185. The van der Waals surface area contributed by atoms with Crippen LogP contribution < -0.4 is 5.32 Å². The molecule has 1 aliphatic rings. The molecule has 6 heteroatoms. The molecule has 0 aromatic carbocycles. The van der Waals surface area contributed by atoms with Crippen molar-refractivity contribution in [2.24, 2.45) is 0 Å². The molecule has 0 saturated carbocycles. The molecular weight excluding hydrogens is 268 g/mol. The molecule has 0 bridgehead atoms. The molecule has 1 aromatic heterocycles. The summed E-state index contributed by atoms with van der Waals surface area (Å²) in [6.07, 6.45) is 5.62. The van der Waals surface area contributed by atoms with Crippen molar-refractivity contribution < 1.29 is 9.53 Å². The molecule has 1 unspecified atom stereocenters. The van der Waals surface area contributed by atoms with Crippen LogP contribution in [0, 0.1) is 0 Å². The third-order valence-corrected chi connectivity index (χ3v) is 3.50. The molecule has 1 aromatic rings. The van der Waals surface area contributed by atoms with E-state index in [4.69, 9.17) is 4.74 Å². The quantitative estimate of drug-likeness (QED) is 0.927. The van der Waals surface area contributed by atoms with E-state index in [1.807, 2.05) is 42.7 Å². The van der Waals surface area contributed by atoms with E-state index in [9.17, 15) is 4.79 Å². The molecule has 0 aliphatic carbocycles. The van der Waals surface area contributed by atoms with Crippen molar-refractivity contribution in [3.8, 4) is 0 Å². The van der Waals surface area contributed by atoms with E-state index < -0.39 is 5.60 Å². The van der Waals surface area contributed by atoms with Gasteiger partial charge in [0, 0.05) is 25.8 Å². The van der Waals surface area contributed by atoms with Crippen molar-refractivity contribution in [2.45, 2.75) is 58.7 Å². The number of ether oxygens (including phenoxy) is 1. The second kappa shape index (κ2) is 6.37. The van der Waals surface area contributed by atoms with E-state index in [2.05, 4.69) is 17.3 Å². The standard InChI is InChI=1S/C15H26N4O2/c1-5-18-11-12(9-17-18)16-10-13-7-6-8-19(13)14(20)21-15(2,3)4/h9,11,13,16H,5-8,10H2,1-4H3. The lowest BCUT2D eigenvalue weighted by Gasteiger charge is -2.28. The molecule has 6 nitrogen and oxygen atoms in total. The SMILES string of the molecule is CCn1cc(NCC2CCCN2C(=O)OC(C)(C)C)cn1. The first-order valence-corrected chi connectivity index (χ1v) is 7.65. The number of aromatic nitrogens is 2. The predicted molar refractivity (Wildman–Crippen MR) is 82.4 cm³/mol. The molecule has 0 spiro atoms. The topological polar surface area (TPSA) is 59.4 Å². The Morgan fingerprint density at radius 1 is 1.52 bits per heavy atom. The third kappa shape index (κ3) is 4.37. The summed E-state index contributed by atoms with van der Waals surface area (Å²) in [4.78, 5) is 14.0. The number of likely N-dealkylation sites (tertiary alicyclic amines) is 1. The fourth-order valence-electron chi connectivity index (χ4n) is 2.47. The van der Waals surface area contributed by atoms with Gasteiger partial charge in [0.1, 0.15) is 5.60 Å². The maximum absolute atomic E-state index is 12.2. The maximum atomic E-state index is 12.2. The minimum Gasteiger partial charge on any atom is -0.444 e. The normalized spacial score (nSPS) is 18.9. The van der Waals surface area contributed by atoms with Crippen LogP contribution >= 0.6 is 0 Å². The number of amides is 1. The van der Waals surface area contributed by atoms with Crippen LogP contribution in [0.1, 0.15) is 40.5 Å². The fourth-order valence-corrected chi connectivity index (χ4v) is 2.47. The van der Waals surface area contributed by atoms with E-state index in [0.29, 0.717) is 0 Å². The van der Waals surface area contributed by atoms with Crippen molar-refractivity contribution in [1.82, 2.24) is 14.7 Å². The van der Waals surface area contributed by atoms with Gasteiger partial charge in [-0.1, -0.05) is 0 Å². The summed E-state index contributed by atoms with van der Waals surface area (Å²) in [7, 11) is 0. The molecule has 21 heavy (non-hydrogen) atoms. The van der Waals surface area contributed by atoms with Gasteiger partial charge in [0.05, 0.1) is 17.9 Å². The Morgan fingerprint density at radius 3 is 2.90 bits per heavy atom. The monoisotopic (exact) mass is 294 g/mol. The molecule has 0 radical (unpaired) electrons. The highest BCUT2D eigenvalue weighted by atomic mass is 16.6. The first-order chi connectivity index (χ1) is 9.89. The number of aryl methyl sites for hydroxylation is 1. The summed E-state index contributed by atoms with van der Waals surface area (Å²) in [5.74, 6) is 0. The summed E-state index contributed by atoms with van der Waals surface area (Å²) < 4.78 is 7.35. The lowest BCUT2D eigenvalue weighted by molar-refractivity contribution is 0.0235. The summed E-state index contributed by atoms with van der Waals surface area (Å²) in [5.41, 5.74) is 0.549. The number of nitrogens with one attached hydrogen (secondary N) is 1. The average Bonchev–Trinajstić information content (AvgIpc) is 3.03. The van der Waals surface area contributed by atoms with Crippen LogP contribution in [0.4, 0.5) is 10.5 Å². The lowest BCUT2D eigenvalue weighted by atomic mass is 10.2. The lowest BCUT2D eigenvalue weighted by Crippen LogP contribution is -2.42. The number of hydrogen-bond donors (Lipinski definition) is 1. The predicted octanol–water partition coefficient (Wildman–Crippen LogP) is 2.71. The molecule has 118 valence electrons. The Hall–Kier alpha value is -1.72. The minimum atomic E-state index is -0.445. The summed E-state index contributed by atoms with van der Waals surface area (Å²) in [6.45, 7) is 10.1. The van der Waals surface area contributed by atoms with E-state index in [-0.39, 0.29) is 12.1 Å². The van der Waals surface area contributed by atoms with Crippen LogP contribution in [0.3, 0.4) is 0 Å². The van der Waals surface area contributed by atoms with Gasteiger partial charge in [0.2, 0.25) is 0 Å². The number of nitrogens with zero attached hydrogens (tertiary/aromatic N) is 3. The number of rotatable bonds is 4. The van der Waals surface area contributed by atoms with Gasteiger partial charge in [-0.2, -0.15) is 5.10 Å². The molecule has 2 rings (SSSR count). The third-order valence-electron chi connectivity index (χ3n) is 3.50. The minimum absolute atomic E-state index is 0.185. The average molecular weight is 294 g/mol. The van der Waals surface area contributed by atoms with Gasteiger partial charge in [0.25, 0.3) is 0 Å². The molecule has 1 N–H and O–H groups in total. The molecule has 1 amide bonds. The van der Waals surface area contributed by atoms with Gasteiger partial charge in [-0.15, -0.1) is 0 Å². The van der Waals surface area contributed by atoms with Gasteiger partial charge in [-0.3, -0.25) is 4.68 Å². The zero-order chi connectivity index (χ0) is 15.5. The highest BCUT2D eigenvalue weighted by Gasteiger charge is 2.31.